The number of aliphatic hydroxyl groups excluding tert-OH is 1. The third-order valence-electron chi connectivity index (χ3n) is 4.26. The van der Waals surface area contributed by atoms with Gasteiger partial charge in [-0.05, 0) is 23.9 Å². The number of hydrogen-bond donors (Lipinski definition) is 2. The second-order valence-corrected chi connectivity index (χ2v) is 8.17. The molecule has 1 aromatic carbocycles. The van der Waals surface area contributed by atoms with E-state index in [1.807, 2.05) is 12.1 Å². The fourth-order valence-electron chi connectivity index (χ4n) is 2.79. The Kier molecular flexibility index (Phi) is 6.46. The van der Waals surface area contributed by atoms with Crippen molar-refractivity contribution in [3.63, 3.8) is 0 Å². The lowest BCUT2D eigenvalue weighted by atomic mass is 10.2. The van der Waals surface area contributed by atoms with Gasteiger partial charge in [-0.2, -0.15) is 11.8 Å². The zero-order chi connectivity index (χ0) is 19.4. The monoisotopic (exact) mass is 408 g/mol. The standard InChI is InChI=1S/C18H20N2O5S2/c1-25-14-5-3-2-4-11(14)8-15-17(23)20(18(24)27-15)7-6-16(22)19-12-9-26-10-13(12)21/h2-5,8,12-13,21H,6-7,9-10H2,1H3,(H,19,22)/b15-8-/t12-,13+/m0/s1. The highest BCUT2D eigenvalue weighted by Crippen LogP contribution is 2.34. The Morgan fingerprint density at radius 2 is 2.15 bits per heavy atom. The molecule has 2 atom stereocenters. The molecule has 2 aliphatic heterocycles. The van der Waals surface area contributed by atoms with Gasteiger partial charge in [-0.15, -0.1) is 0 Å². The third-order valence-corrected chi connectivity index (χ3v) is 6.34. The molecular weight excluding hydrogens is 388 g/mol. The number of amides is 3. The molecule has 2 N–H and O–H groups in total. The molecular formula is C18H20N2O5S2. The lowest BCUT2D eigenvalue weighted by Gasteiger charge is -2.17. The number of hydrogen-bond acceptors (Lipinski definition) is 7. The average Bonchev–Trinajstić information content (AvgIpc) is 3.17. The molecule has 27 heavy (non-hydrogen) atoms. The maximum atomic E-state index is 12.5. The number of para-hydroxylation sites is 1. The van der Waals surface area contributed by atoms with E-state index in [1.54, 1.807) is 30.0 Å². The fraction of sp³-hybridized carbons (Fsp3) is 0.389. The van der Waals surface area contributed by atoms with Crippen LogP contribution in [0.2, 0.25) is 0 Å². The van der Waals surface area contributed by atoms with Crippen LogP contribution in [0.5, 0.6) is 5.75 Å². The molecule has 1 aromatic rings. The number of carbonyl (C=O) groups is 3. The summed E-state index contributed by atoms with van der Waals surface area (Å²) in [6.45, 7) is 0.00965. The van der Waals surface area contributed by atoms with Gasteiger partial charge < -0.3 is 15.2 Å². The smallest absolute Gasteiger partial charge is 0.293 e. The summed E-state index contributed by atoms with van der Waals surface area (Å²) in [6, 6.07) is 6.93. The summed E-state index contributed by atoms with van der Waals surface area (Å²) in [5, 5.41) is 12.1. The second-order valence-electron chi connectivity index (χ2n) is 6.10. The van der Waals surface area contributed by atoms with Gasteiger partial charge in [-0.1, -0.05) is 18.2 Å². The number of carbonyl (C=O) groups excluding carboxylic acids is 3. The van der Waals surface area contributed by atoms with E-state index in [1.165, 1.54) is 7.11 Å². The number of aliphatic hydroxyl groups is 1. The van der Waals surface area contributed by atoms with Crippen LogP contribution in [0.3, 0.4) is 0 Å². The van der Waals surface area contributed by atoms with Gasteiger partial charge in [0.15, 0.2) is 0 Å². The van der Waals surface area contributed by atoms with E-state index in [0.717, 1.165) is 16.7 Å². The number of ether oxygens (including phenoxy) is 1. The number of nitrogens with one attached hydrogen (secondary N) is 1. The van der Waals surface area contributed by atoms with Crippen molar-refractivity contribution in [3.05, 3.63) is 34.7 Å². The Balaban J connectivity index is 1.61. The van der Waals surface area contributed by atoms with E-state index in [4.69, 9.17) is 4.74 Å². The Hall–Kier alpha value is -1.97. The van der Waals surface area contributed by atoms with E-state index in [0.29, 0.717) is 27.7 Å². The summed E-state index contributed by atoms with van der Waals surface area (Å²) in [6.07, 6.45) is 1.07. The number of nitrogens with zero attached hydrogens (tertiary/aromatic N) is 1. The van der Waals surface area contributed by atoms with Gasteiger partial charge in [-0.3, -0.25) is 19.3 Å². The minimum atomic E-state index is -0.556. The topological polar surface area (TPSA) is 95.9 Å². The van der Waals surface area contributed by atoms with Crippen molar-refractivity contribution in [2.75, 3.05) is 25.2 Å². The van der Waals surface area contributed by atoms with E-state index in [2.05, 4.69) is 5.32 Å². The minimum Gasteiger partial charge on any atom is -0.496 e. The van der Waals surface area contributed by atoms with Crippen LogP contribution in [-0.4, -0.2) is 64.4 Å². The molecule has 2 saturated heterocycles. The van der Waals surface area contributed by atoms with Gasteiger partial charge in [0.05, 0.1) is 24.2 Å². The van der Waals surface area contributed by atoms with Gasteiger partial charge in [0, 0.05) is 30.0 Å². The van der Waals surface area contributed by atoms with Crippen LogP contribution in [0.15, 0.2) is 29.2 Å². The molecule has 2 fully saturated rings. The van der Waals surface area contributed by atoms with Crippen molar-refractivity contribution >= 4 is 46.7 Å². The van der Waals surface area contributed by atoms with Crippen molar-refractivity contribution in [2.45, 2.75) is 18.6 Å². The molecule has 0 saturated carbocycles. The molecule has 144 valence electrons. The van der Waals surface area contributed by atoms with Gasteiger partial charge >= 0.3 is 0 Å². The predicted molar refractivity (Wildman–Crippen MR) is 106 cm³/mol. The summed E-state index contributed by atoms with van der Waals surface area (Å²) in [5.41, 5.74) is 0.705. The molecule has 0 unspecified atom stereocenters. The SMILES string of the molecule is COc1ccccc1/C=C1\SC(=O)N(CCC(=O)N[C@H]2CSC[C@H]2O)C1=O. The van der Waals surface area contributed by atoms with Crippen molar-refractivity contribution in [1.82, 2.24) is 10.2 Å². The molecule has 3 amide bonds. The maximum absolute atomic E-state index is 12.5. The summed E-state index contributed by atoms with van der Waals surface area (Å²) in [7, 11) is 1.54. The Morgan fingerprint density at radius 1 is 1.37 bits per heavy atom. The fourth-order valence-corrected chi connectivity index (χ4v) is 4.82. The van der Waals surface area contributed by atoms with Crippen LogP contribution in [-0.2, 0) is 9.59 Å². The quantitative estimate of drug-likeness (QED) is 0.692. The molecule has 3 rings (SSSR count). The first-order chi connectivity index (χ1) is 13.0. The number of imide groups is 1. The summed E-state index contributed by atoms with van der Waals surface area (Å²) in [5.74, 6) is 1.17. The van der Waals surface area contributed by atoms with E-state index in [-0.39, 0.29) is 24.9 Å². The first kappa shape index (κ1) is 19.8. The number of rotatable bonds is 6. The Morgan fingerprint density at radius 3 is 2.85 bits per heavy atom. The summed E-state index contributed by atoms with van der Waals surface area (Å²) >= 11 is 2.42. The predicted octanol–water partition coefficient (Wildman–Crippen LogP) is 1.71. The van der Waals surface area contributed by atoms with E-state index in [9.17, 15) is 19.5 Å². The molecule has 0 bridgehead atoms. The summed E-state index contributed by atoms with van der Waals surface area (Å²) < 4.78 is 5.26. The highest BCUT2D eigenvalue weighted by atomic mass is 32.2. The highest BCUT2D eigenvalue weighted by Gasteiger charge is 2.35. The van der Waals surface area contributed by atoms with Crippen LogP contribution in [0.1, 0.15) is 12.0 Å². The molecule has 2 aliphatic rings. The van der Waals surface area contributed by atoms with Crippen molar-refractivity contribution < 1.29 is 24.2 Å². The minimum absolute atomic E-state index is 0.00780. The Bertz CT molecular complexity index is 783. The first-order valence-corrected chi connectivity index (χ1v) is 10.4. The molecule has 9 heteroatoms. The zero-order valence-electron chi connectivity index (χ0n) is 14.7. The normalized spacial score (nSPS) is 23.9. The lowest BCUT2D eigenvalue weighted by Crippen LogP contribution is -2.43. The molecule has 2 heterocycles. The third kappa shape index (κ3) is 4.66. The van der Waals surface area contributed by atoms with Crippen LogP contribution >= 0.6 is 23.5 Å². The van der Waals surface area contributed by atoms with Gasteiger partial charge in [-0.25, -0.2) is 0 Å². The Labute approximate surface area is 165 Å². The van der Waals surface area contributed by atoms with Crippen molar-refractivity contribution in [2.24, 2.45) is 0 Å². The average molecular weight is 409 g/mol. The number of thioether (sulfide) groups is 2. The van der Waals surface area contributed by atoms with Gasteiger partial charge in [0.25, 0.3) is 11.1 Å². The first-order valence-electron chi connectivity index (χ1n) is 8.43. The van der Waals surface area contributed by atoms with Crippen LogP contribution in [0, 0.1) is 0 Å². The number of benzene rings is 1. The summed E-state index contributed by atoms with van der Waals surface area (Å²) in [4.78, 5) is 38.1. The molecule has 0 spiro atoms. The largest absolute Gasteiger partial charge is 0.496 e. The van der Waals surface area contributed by atoms with Crippen LogP contribution in [0.4, 0.5) is 4.79 Å². The second kappa shape index (κ2) is 8.81. The molecule has 0 radical (unpaired) electrons. The maximum Gasteiger partial charge on any atom is 0.293 e. The van der Waals surface area contributed by atoms with Crippen LogP contribution in [0.25, 0.3) is 6.08 Å². The molecule has 7 nitrogen and oxygen atoms in total. The molecule has 0 aliphatic carbocycles. The van der Waals surface area contributed by atoms with Crippen molar-refractivity contribution in [1.29, 1.82) is 0 Å². The van der Waals surface area contributed by atoms with Gasteiger partial charge in [0.2, 0.25) is 5.91 Å². The van der Waals surface area contributed by atoms with E-state index >= 15 is 0 Å². The lowest BCUT2D eigenvalue weighted by molar-refractivity contribution is -0.124. The van der Waals surface area contributed by atoms with Crippen LogP contribution < -0.4 is 10.1 Å². The van der Waals surface area contributed by atoms with Gasteiger partial charge in [0.1, 0.15) is 5.75 Å². The van der Waals surface area contributed by atoms with E-state index < -0.39 is 17.3 Å². The van der Waals surface area contributed by atoms with Crippen molar-refractivity contribution in [3.8, 4) is 5.75 Å². The number of methoxy groups -OCH3 is 1. The molecule has 0 aromatic heterocycles. The highest BCUT2D eigenvalue weighted by molar-refractivity contribution is 8.18. The zero-order valence-corrected chi connectivity index (χ0v) is 16.3.